The summed E-state index contributed by atoms with van der Waals surface area (Å²) in [5.74, 6) is -10.0. The Bertz CT molecular complexity index is 1900. The van der Waals surface area contributed by atoms with Crippen molar-refractivity contribution >= 4 is 47.0 Å². The third kappa shape index (κ3) is 4.38. The van der Waals surface area contributed by atoms with Crippen molar-refractivity contribution in [2.75, 3.05) is 12.5 Å². The van der Waals surface area contributed by atoms with Gasteiger partial charge >= 0.3 is 6.09 Å². The number of imide groups is 4. The molecule has 10 nitrogen and oxygen atoms in total. The Kier molecular flexibility index (Phi) is 7.16. The van der Waals surface area contributed by atoms with Gasteiger partial charge in [0.1, 0.15) is 5.82 Å². The van der Waals surface area contributed by atoms with Crippen LogP contribution in [0, 0.1) is 35.3 Å². The first-order chi connectivity index (χ1) is 22.5. The highest BCUT2D eigenvalue weighted by atomic mass is 35.5. The molecule has 1 saturated carbocycles. The number of phenolic OH excluding ortho intramolecular Hbond substituents is 1. The van der Waals surface area contributed by atoms with Gasteiger partial charge in [0, 0.05) is 10.9 Å². The highest BCUT2D eigenvalue weighted by Crippen LogP contribution is 2.64. The summed E-state index contributed by atoms with van der Waals surface area (Å²) in [6, 6.07) is 15.1. The Morgan fingerprint density at radius 3 is 2.32 bits per heavy atom. The minimum atomic E-state index is -1.72. The van der Waals surface area contributed by atoms with Gasteiger partial charge in [0.05, 0.1) is 36.0 Å². The van der Waals surface area contributed by atoms with E-state index < -0.39 is 82.1 Å². The largest absolute Gasteiger partial charge is 0.505 e. The van der Waals surface area contributed by atoms with Crippen molar-refractivity contribution in [3.8, 4) is 5.75 Å². The van der Waals surface area contributed by atoms with E-state index in [9.17, 15) is 33.5 Å². The maximum atomic E-state index is 15.1. The van der Waals surface area contributed by atoms with Gasteiger partial charge in [-0.3, -0.25) is 24.6 Å². The lowest BCUT2D eigenvalue weighted by atomic mass is 9.49. The second kappa shape index (κ2) is 11.0. The number of hydrogen-bond donors (Lipinski definition) is 2. The lowest BCUT2D eigenvalue weighted by Crippen LogP contribution is -2.53. The number of carbonyl (C=O) groups excluding carboxylic acids is 5. The van der Waals surface area contributed by atoms with Crippen molar-refractivity contribution < 1.29 is 42.6 Å². The zero-order chi connectivity index (χ0) is 33.4. The van der Waals surface area contributed by atoms with Crippen LogP contribution in [0.2, 0.25) is 5.02 Å². The molecule has 47 heavy (non-hydrogen) atoms. The monoisotopic (exact) mass is 661 g/mol. The van der Waals surface area contributed by atoms with Crippen LogP contribution >= 0.6 is 11.6 Å². The Hall–Kier alpha value is -5.10. The fraction of sp³-hybridized carbons (Fsp3) is 0.265. The van der Waals surface area contributed by atoms with E-state index in [2.05, 4.69) is 5.43 Å². The van der Waals surface area contributed by atoms with Gasteiger partial charge in [-0.2, -0.15) is 9.91 Å². The lowest BCUT2D eigenvalue weighted by molar-refractivity contribution is -0.140. The number of anilines is 1. The second-order valence-electron chi connectivity index (χ2n) is 12.1. The molecule has 0 aromatic heterocycles. The molecular formula is C34H26ClF2N3O7. The van der Waals surface area contributed by atoms with Crippen molar-refractivity contribution in [2.45, 2.75) is 24.2 Å². The molecule has 3 fully saturated rings. The molecular weight excluding hydrogens is 636 g/mol. The Morgan fingerprint density at radius 2 is 1.66 bits per heavy atom. The zero-order valence-corrected chi connectivity index (χ0v) is 25.4. The van der Waals surface area contributed by atoms with Crippen LogP contribution in [0.25, 0.3) is 0 Å². The van der Waals surface area contributed by atoms with Gasteiger partial charge in [0.25, 0.3) is 11.8 Å². The third-order valence-electron chi connectivity index (χ3n) is 9.92. The first-order valence-corrected chi connectivity index (χ1v) is 15.2. The third-order valence-corrected chi connectivity index (χ3v) is 10.2. The number of benzene rings is 3. The van der Waals surface area contributed by atoms with Crippen LogP contribution in [0.3, 0.4) is 0 Å². The van der Waals surface area contributed by atoms with Gasteiger partial charge in [0.2, 0.25) is 11.8 Å². The number of phenols is 1. The molecule has 2 aliphatic carbocycles. The summed E-state index contributed by atoms with van der Waals surface area (Å²) in [5.41, 5.74) is 2.47. The van der Waals surface area contributed by atoms with Gasteiger partial charge in [-0.05, 0) is 78.4 Å². The maximum absolute atomic E-state index is 15.1. The smallest absolute Gasteiger partial charge is 0.423 e. The quantitative estimate of drug-likeness (QED) is 0.292. The number of methoxy groups -OCH3 is 1. The van der Waals surface area contributed by atoms with E-state index in [0.29, 0.717) is 21.1 Å². The van der Waals surface area contributed by atoms with E-state index in [1.807, 2.05) is 0 Å². The number of hydrogen-bond acceptors (Lipinski definition) is 8. The van der Waals surface area contributed by atoms with Gasteiger partial charge in [-0.15, -0.1) is 0 Å². The molecule has 2 heterocycles. The van der Waals surface area contributed by atoms with Crippen LogP contribution in [-0.4, -0.2) is 51.8 Å². The number of allylic oxidation sites excluding steroid dienone is 2. The van der Waals surface area contributed by atoms with Crippen LogP contribution in [0.5, 0.6) is 5.75 Å². The highest BCUT2D eigenvalue weighted by Gasteiger charge is 2.70. The molecule has 6 atom stereocenters. The summed E-state index contributed by atoms with van der Waals surface area (Å²) in [6.07, 6.45) is 0.565. The number of hydrazine groups is 1. The normalized spacial score (nSPS) is 28.1. The molecule has 0 spiro atoms. The molecule has 2 aliphatic heterocycles. The number of aromatic hydroxyl groups is 1. The van der Waals surface area contributed by atoms with Crippen molar-refractivity contribution in [2.24, 2.45) is 23.7 Å². The van der Waals surface area contributed by atoms with Crippen molar-refractivity contribution in [3.05, 3.63) is 106 Å². The molecule has 0 unspecified atom stereocenters. The molecule has 7 rings (SSSR count). The fourth-order valence-corrected chi connectivity index (χ4v) is 8.13. The number of carbonyl (C=O) groups is 5. The van der Waals surface area contributed by atoms with Crippen LogP contribution < -0.4 is 5.43 Å². The van der Waals surface area contributed by atoms with Crippen LogP contribution in [0.15, 0.2) is 78.4 Å². The molecule has 13 heteroatoms. The van der Waals surface area contributed by atoms with E-state index >= 15 is 4.39 Å². The molecule has 240 valence electrons. The van der Waals surface area contributed by atoms with Crippen LogP contribution in [0.4, 0.5) is 19.3 Å². The topological polar surface area (TPSA) is 133 Å². The number of nitrogens with zero attached hydrogens (tertiary/aromatic N) is 2. The number of rotatable bonds is 4. The SMILES string of the molecule is COC(=O)N1C(=O)[C@H]2[C@H](CC=C3[C@H]2C[C@H]2C(=O)N(Nc4ccc(F)cc4)C(=O)[C@@]2(c2ccc(Cl)cc2)[C@H]3c2ccc(O)c(F)c2)C1=O. The van der Waals surface area contributed by atoms with E-state index in [1.54, 1.807) is 30.3 Å². The predicted octanol–water partition coefficient (Wildman–Crippen LogP) is 5.08. The first-order valence-electron chi connectivity index (χ1n) is 14.8. The summed E-state index contributed by atoms with van der Waals surface area (Å²) in [6.45, 7) is 0. The Morgan fingerprint density at radius 1 is 0.957 bits per heavy atom. The lowest BCUT2D eigenvalue weighted by Gasteiger charge is -2.50. The average molecular weight is 662 g/mol. The number of halogens is 3. The first kappa shape index (κ1) is 30.5. The molecule has 2 N–H and O–H groups in total. The highest BCUT2D eigenvalue weighted by molar-refractivity contribution is 6.30. The summed E-state index contributed by atoms with van der Waals surface area (Å²) in [4.78, 5) is 69.5. The number of ether oxygens (including phenoxy) is 1. The van der Waals surface area contributed by atoms with Gasteiger partial charge in [-0.25, -0.2) is 13.6 Å². The Labute approximate surface area is 271 Å². The molecule has 0 radical (unpaired) electrons. The maximum Gasteiger partial charge on any atom is 0.423 e. The minimum Gasteiger partial charge on any atom is -0.505 e. The number of amides is 5. The molecule has 5 amide bonds. The molecule has 4 aliphatic rings. The van der Waals surface area contributed by atoms with Crippen LogP contribution in [-0.2, 0) is 29.3 Å². The minimum absolute atomic E-state index is 0.0344. The molecule has 3 aromatic carbocycles. The Balaban J connectivity index is 1.46. The molecule has 2 saturated heterocycles. The standard InChI is InChI=1S/C34H26ClF2N3O7/c1-47-33(46)39-29(42)22-12-11-21-23(27(22)31(39)44)15-24-30(43)40(38-20-9-7-19(36)8-10-20)32(45)34(24,17-3-5-18(35)6-4-17)28(21)16-2-13-26(41)25(37)14-16/h2-11,13-14,22-24,27-28,38,41H,12,15H2,1H3/t22-,23+,24-,27-,28-,34+/m0/s1. The van der Waals surface area contributed by atoms with Gasteiger partial charge in [0.15, 0.2) is 11.6 Å². The fourth-order valence-electron chi connectivity index (χ4n) is 8.00. The summed E-state index contributed by atoms with van der Waals surface area (Å²) in [5, 5.41) is 11.3. The summed E-state index contributed by atoms with van der Waals surface area (Å²) < 4.78 is 33.5. The van der Waals surface area contributed by atoms with E-state index in [0.717, 1.165) is 36.4 Å². The number of likely N-dealkylation sites (tertiary alicyclic amines) is 1. The summed E-state index contributed by atoms with van der Waals surface area (Å²) in [7, 11) is 1.05. The summed E-state index contributed by atoms with van der Waals surface area (Å²) >= 11 is 6.24. The number of fused-ring (bicyclic) bond motifs is 4. The van der Waals surface area contributed by atoms with E-state index in [4.69, 9.17) is 16.3 Å². The van der Waals surface area contributed by atoms with Crippen molar-refractivity contribution in [1.29, 1.82) is 0 Å². The predicted molar refractivity (Wildman–Crippen MR) is 161 cm³/mol. The second-order valence-corrected chi connectivity index (χ2v) is 12.5. The van der Waals surface area contributed by atoms with Crippen molar-refractivity contribution in [1.82, 2.24) is 9.91 Å². The van der Waals surface area contributed by atoms with Gasteiger partial charge < -0.3 is 9.84 Å². The van der Waals surface area contributed by atoms with Gasteiger partial charge in [-0.1, -0.05) is 41.4 Å². The van der Waals surface area contributed by atoms with Crippen molar-refractivity contribution in [3.63, 3.8) is 0 Å². The van der Waals surface area contributed by atoms with E-state index in [-0.39, 0.29) is 24.1 Å². The molecule has 3 aromatic rings. The molecule has 0 bridgehead atoms. The van der Waals surface area contributed by atoms with Crippen LogP contribution in [0.1, 0.15) is 29.9 Å². The number of nitrogens with one attached hydrogen (secondary N) is 1. The zero-order valence-electron chi connectivity index (χ0n) is 24.7. The average Bonchev–Trinajstić information content (AvgIpc) is 3.44. The van der Waals surface area contributed by atoms with E-state index in [1.165, 1.54) is 18.2 Å².